The molecule has 0 unspecified atom stereocenters. The third-order valence-corrected chi connectivity index (χ3v) is 1.59. The van der Waals surface area contributed by atoms with E-state index in [1.165, 1.54) is 32.1 Å². The zero-order valence-corrected chi connectivity index (χ0v) is 7.21. The molecule has 0 bridgehead atoms. The van der Waals surface area contributed by atoms with Gasteiger partial charge in [0, 0.05) is 6.21 Å². The lowest BCUT2D eigenvalue weighted by Gasteiger charge is -1.95. The van der Waals surface area contributed by atoms with Gasteiger partial charge in [-0.3, -0.25) is 5.21 Å². The van der Waals surface area contributed by atoms with E-state index in [0.29, 0.717) is 0 Å². The summed E-state index contributed by atoms with van der Waals surface area (Å²) >= 11 is 0. The molecule has 0 aromatic heterocycles. The molecule has 0 rings (SSSR count). The smallest absolute Gasteiger partial charge is 0.0267 e. The van der Waals surface area contributed by atoms with Gasteiger partial charge < -0.3 is 0 Å². The first-order valence-electron chi connectivity index (χ1n) is 4.32. The predicted octanol–water partition coefficient (Wildman–Crippen LogP) is 2.31. The number of rotatable bonds is 7. The minimum Gasteiger partial charge on any atom is -0.274 e. The average molecular weight is 158 g/mol. The minimum atomic E-state index is 0.956. The quantitative estimate of drug-likeness (QED) is 0.339. The molecule has 0 saturated heterocycles. The molecule has 66 valence electrons. The maximum Gasteiger partial charge on any atom is 0.0267 e. The molecule has 0 aliphatic carbocycles. The second kappa shape index (κ2) is 9.43. The van der Waals surface area contributed by atoms with Gasteiger partial charge in [-0.2, -0.15) is 10.7 Å². The first-order valence-corrected chi connectivity index (χ1v) is 4.32. The van der Waals surface area contributed by atoms with Crippen molar-refractivity contribution < 1.29 is 5.21 Å². The van der Waals surface area contributed by atoms with Crippen molar-refractivity contribution in [3.05, 3.63) is 0 Å². The first kappa shape index (κ1) is 10.4. The van der Waals surface area contributed by atoms with E-state index in [2.05, 4.69) is 12.0 Å². The Balaban J connectivity index is 2.85. The molecule has 3 nitrogen and oxygen atoms in total. The van der Waals surface area contributed by atoms with Gasteiger partial charge in [0.15, 0.2) is 0 Å². The summed E-state index contributed by atoms with van der Waals surface area (Å²) < 4.78 is 0. The number of hydrogen-bond donors (Lipinski definition) is 2. The van der Waals surface area contributed by atoms with E-state index in [4.69, 9.17) is 5.21 Å². The van der Waals surface area contributed by atoms with Crippen LogP contribution in [0.5, 0.6) is 0 Å². The van der Waals surface area contributed by atoms with Crippen LogP contribution in [0, 0.1) is 0 Å². The van der Waals surface area contributed by atoms with Crippen LogP contribution in [0.1, 0.15) is 45.4 Å². The van der Waals surface area contributed by atoms with E-state index >= 15 is 0 Å². The van der Waals surface area contributed by atoms with Gasteiger partial charge >= 0.3 is 0 Å². The van der Waals surface area contributed by atoms with Crippen molar-refractivity contribution in [2.75, 3.05) is 0 Å². The van der Waals surface area contributed by atoms with E-state index < -0.39 is 0 Å². The average Bonchev–Trinajstić information content (AvgIpc) is 2.03. The Morgan fingerprint density at radius 3 is 2.64 bits per heavy atom. The van der Waals surface area contributed by atoms with Crippen LogP contribution in [-0.2, 0) is 0 Å². The second-order valence-electron chi connectivity index (χ2n) is 2.61. The van der Waals surface area contributed by atoms with Gasteiger partial charge in [-0.1, -0.05) is 32.6 Å². The third kappa shape index (κ3) is 9.43. The molecule has 0 spiro atoms. The Morgan fingerprint density at radius 1 is 1.27 bits per heavy atom. The molecule has 2 N–H and O–H groups in total. The molecule has 0 saturated carbocycles. The molecular weight excluding hydrogens is 140 g/mol. The Morgan fingerprint density at radius 2 is 2.00 bits per heavy atom. The van der Waals surface area contributed by atoms with Gasteiger partial charge in [0.05, 0.1) is 0 Å². The summed E-state index contributed by atoms with van der Waals surface area (Å²) in [6, 6.07) is 0. The highest BCUT2D eigenvalue weighted by Gasteiger charge is 1.85. The van der Waals surface area contributed by atoms with Crippen molar-refractivity contribution in [1.29, 1.82) is 0 Å². The molecule has 0 radical (unpaired) electrons. The Hall–Kier alpha value is -0.570. The molecule has 11 heavy (non-hydrogen) atoms. The fourth-order valence-corrected chi connectivity index (χ4v) is 0.945. The van der Waals surface area contributed by atoms with Gasteiger partial charge in [-0.15, -0.1) is 0 Å². The van der Waals surface area contributed by atoms with Crippen LogP contribution in [0.15, 0.2) is 5.10 Å². The fraction of sp³-hybridized carbons (Fsp3) is 0.875. The van der Waals surface area contributed by atoms with Crippen molar-refractivity contribution in [3.63, 3.8) is 0 Å². The molecule has 0 amide bonds. The molecule has 0 fully saturated rings. The summed E-state index contributed by atoms with van der Waals surface area (Å²) in [5, 5.41) is 11.5. The van der Waals surface area contributed by atoms with Gasteiger partial charge in [0.25, 0.3) is 0 Å². The molecule has 0 aliphatic rings. The monoisotopic (exact) mass is 158 g/mol. The van der Waals surface area contributed by atoms with E-state index in [-0.39, 0.29) is 0 Å². The predicted molar refractivity (Wildman–Crippen MR) is 46.8 cm³/mol. The summed E-state index contributed by atoms with van der Waals surface area (Å²) in [7, 11) is 0. The molecular formula is C8H18N2O. The normalized spacial score (nSPS) is 10.7. The van der Waals surface area contributed by atoms with Gasteiger partial charge in [0.2, 0.25) is 0 Å². The Kier molecular flexibility index (Phi) is 8.94. The van der Waals surface area contributed by atoms with Crippen LogP contribution in [-0.4, -0.2) is 11.4 Å². The van der Waals surface area contributed by atoms with Crippen LogP contribution in [0.4, 0.5) is 0 Å². The van der Waals surface area contributed by atoms with Crippen LogP contribution >= 0.6 is 0 Å². The number of hydrazone groups is 1. The van der Waals surface area contributed by atoms with E-state index in [1.54, 1.807) is 11.8 Å². The van der Waals surface area contributed by atoms with Crippen molar-refractivity contribution in [2.24, 2.45) is 5.10 Å². The number of nitrogens with one attached hydrogen (secondary N) is 1. The zero-order valence-electron chi connectivity index (χ0n) is 7.21. The van der Waals surface area contributed by atoms with E-state index in [9.17, 15) is 0 Å². The third-order valence-electron chi connectivity index (χ3n) is 1.59. The lowest BCUT2D eigenvalue weighted by atomic mass is 10.1. The van der Waals surface area contributed by atoms with Crippen LogP contribution < -0.4 is 5.59 Å². The van der Waals surface area contributed by atoms with Crippen LogP contribution in [0.3, 0.4) is 0 Å². The highest BCUT2D eigenvalue weighted by atomic mass is 16.5. The fourth-order valence-electron chi connectivity index (χ4n) is 0.945. The van der Waals surface area contributed by atoms with E-state index in [1.807, 2.05) is 0 Å². The highest BCUT2D eigenvalue weighted by molar-refractivity contribution is 5.56. The lowest BCUT2D eigenvalue weighted by Crippen LogP contribution is -1.94. The van der Waals surface area contributed by atoms with Gasteiger partial charge in [-0.05, 0) is 12.8 Å². The molecule has 0 heterocycles. The first-order chi connectivity index (χ1) is 5.41. The summed E-state index contributed by atoms with van der Waals surface area (Å²) in [6.07, 6.45) is 9.03. The van der Waals surface area contributed by atoms with Crippen molar-refractivity contribution in [2.45, 2.75) is 45.4 Å². The van der Waals surface area contributed by atoms with Gasteiger partial charge in [0.1, 0.15) is 0 Å². The van der Waals surface area contributed by atoms with Crippen LogP contribution in [0.2, 0.25) is 0 Å². The van der Waals surface area contributed by atoms with E-state index in [0.717, 1.165) is 6.42 Å². The number of hydrogen-bond acceptors (Lipinski definition) is 3. The summed E-state index contributed by atoms with van der Waals surface area (Å²) in [6.45, 7) is 2.21. The van der Waals surface area contributed by atoms with Crippen molar-refractivity contribution in [3.8, 4) is 0 Å². The Bertz CT molecular complexity index is 94.1. The second-order valence-corrected chi connectivity index (χ2v) is 2.61. The summed E-state index contributed by atoms with van der Waals surface area (Å²) in [4.78, 5) is 0. The van der Waals surface area contributed by atoms with Crippen molar-refractivity contribution in [1.82, 2.24) is 5.59 Å². The Labute approximate surface area is 68.5 Å². The maximum absolute atomic E-state index is 8.06. The highest BCUT2D eigenvalue weighted by Crippen LogP contribution is 2.03. The lowest BCUT2D eigenvalue weighted by molar-refractivity contribution is 0.172. The molecule has 3 heteroatoms. The molecule has 0 aromatic rings. The summed E-state index contributed by atoms with van der Waals surface area (Å²) in [5.41, 5.74) is 1.74. The summed E-state index contributed by atoms with van der Waals surface area (Å²) in [5.74, 6) is 0. The zero-order chi connectivity index (χ0) is 8.36. The SMILES string of the molecule is CCCCCCCC=NNO. The largest absolute Gasteiger partial charge is 0.274 e. The standard InChI is InChI=1S/C8H18N2O/c1-2-3-4-5-6-7-8-9-10-11/h8,10-11H,2-7H2,1H3. The topological polar surface area (TPSA) is 44.6 Å². The maximum atomic E-state index is 8.06. The minimum absolute atomic E-state index is 0.956. The molecule has 0 aromatic carbocycles. The van der Waals surface area contributed by atoms with Crippen molar-refractivity contribution >= 4 is 6.21 Å². The number of nitrogens with zero attached hydrogens (tertiary/aromatic N) is 1. The van der Waals surface area contributed by atoms with Gasteiger partial charge in [-0.25, -0.2) is 0 Å². The molecule has 0 atom stereocenters. The number of unbranched alkanes of at least 4 members (excludes halogenated alkanes) is 5. The van der Waals surface area contributed by atoms with Crippen LogP contribution in [0.25, 0.3) is 0 Å². The molecule has 0 aliphatic heterocycles.